The van der Waals surface area contributed by atoms with Gasteiger partial charge in [-0.05, 0) is 31.4 Å². The molecule has 2 unspecified atom stereocenters. The predicted octanol–water partition coefficient (Wildman–Crippen LogP) is 4.36. The lowest BCUT2D eigenvalue weighted by Crippen LogP contribution is -2.37. The number of hydrogen-bond acceptors (Lipinski definition) is 2. The quantitative estimate of drug-likeness (QED) is 0.761. The van der Waals surface area contributed by atoms with Crippen molar-refractivity contribution in [1.29, 1.82) is 0 Å². The van der Waals surface area contributed by atoms with Crippen molar-refractivity contribution >= 4 is 0 Å². The van der Waals surface area contributed by atoms with Gasteiger partial charge in [0.05, 0.1) is 6.61 Å². The Hall–Kier alpha value is -1.02. The average molecular weight is 275 g/mol. The van der Waals surface area contributed by atoms with Gasteiger partial charge in [0.25, 0.3) is 0 Å². The maximum atomic E-state index is 5.88. The lowest BCUT2D eigenvalue weighted by molar-refractivity contribution is 0.268. The van der Waals surface area contributed by atoms with Crippen LogP contribution in [-0.4, -0.2) is 19.2 Å². The second kappa shape index (κ2) is 7.68. The van der Waals surface area contributed by atoms with Crippen molar-refractivity contribution in [3.63, 3.8) is 0 Å². The van der Waals surface area contributed by atoms with Crippen molar-refractivity contribution in [2.45, 2.75) is 58.4 Å². The van der Waals surface area contributed by atoms with Crippen LogP contribution in [0.25, 0.3) is 0 Å². The molecule has 1 heterocycles. The molecule has 2 rings (SSSR count). The first-order valence-corrected chi connectivity index (χ1v) is 8.25. The fourth-order valence-corrected chi connectivity index (χ4v) is 3.22. The van der Waals surface area contributed by atoms with Crippen molar-refractivity contribution in [3.8, 4) is 5.75 Å². The standard InChI is InChI=1S/C18H29NO/c1-4-11-19-17(12-14(5-2)6-3)16-13-20-18-10-8-7-9-15(16)18/h7-10,14,16-17,19H,4-6,11-13H2,1-3H3. The van der Waals surface area contributed by atoms with Gasteiger partial charge in [0.2, 0.25) is 0 Å². The second-order valence-corrected chi connectivity index (χ2v) is 5.93. The van der Waals surface area contributed by atoms with E-state index >= 15 is 0 Å². The zero-order valence-electron chi connectivity index (χ0n) is 13.2. The third-order valence-electron chi connectivity index (χ3n) is 4.62. The van der Waals surface area contributed by atoms with E-state index in [4.69, 9.17) is 4.74 Å². The van der Waals surface area contributed by atoms with Gasteiger partial charge in [-0.15, -0.1) is 0 Å². The highest BCUT2D eigenvalue weighted by atomic mass is 16.5. The Morgan fingerprint density at radius 3 is 2.65 bits per heavy atom. The van der Waals surface area contributed by atoms with E-state index in [2.05, 4.69) is 50.4 Å². The zero-order valence-corrected chi connectivity index (χ0v) is 13.2. The van der Waals surface area contributed by atoms with Crippen molar-refractivity contribution in [3.05, 3.63) is 29.8 Å². The number of hydrogen-bond donors (Lipinski definition) is 1. The maximum absolute atomic E-state index is 5.88. The van der Waals surface area contributed by atoms with E-state index in [0.717, 1.165) is 24.8 Å². The van der Waals surface area contributed by atoms with E-state index in [-0.39, 0.29) is 0 Å². The van der Waals surface area contributed by atoms with Gasteiger partial charge in [-0.2, -0.15) is 0 Å². The average Bonchev–Trinajstić information content (AvgIpc) is 2.92. The Morgan fingerprint density at radius 2 is 1.95 bits per heavy atom. The summed E-state index contributed by atoms with van der Waals surface area (Å²) < 4.78 is 5.88. The summed E-state index contributed by atoms with van der Waals surface area (Å²) in [5, 5.41) is 3.77. The molecule has 0 aromatic heterocycles. The van der Waals surface area contributed by atoms with E-state index in [1.54, 1.807) is 0 Å². The highest BCUT2D eigenvalue weighted by molar-refractivity contribution is 5.40. The van der Waals surface area contributed by atoms with Crippen LogP contribution in [0.3, 0.4) is 0 Å². The van der Waals surface area contributed by atoms with Gasteiger partial charge in [0, 0.05) is 17.5 Å². The number of nitrogens with one attached hydrogen (secondary N) is 1. The first-order chi connectivity index (χ1) is 9.80. The van der Waals surface area contributed by atoms with Crippen LogP contribution in [0.5, 0.6) is 5.75 Å². The fourth-order valence-electron chi connectivity index (χ4n) is 3.22. The van der Waals surface area contributed by atoms with Gasteiger partial charge in [0.15, 0.2) is 0 Å². The summed E-state index contributed by atoms with van der Waals surface area (Å²) in [5.74, 6) is 2.42. The van der Waals surface area contributed by atoms with Gasteiger partial charge < -0.3 is 10.1 Å². The number of ether oxygens (including phenoxy) is 1. The normalized spacial score (nSPS) is 18.9. The van der Waals surface area contributed by atoms with Crippen LogP contribution < -0.4 is 10.1 Å². The lowest BCUT2D eigenvalue weighted by Gasteiger charge is -2.27. The van der Waals surface area contributed by atoms with E-state index in [1.807, 2.05) is 0 Å². The molecule has 1 aromatic carbocycles. The van der Waals surface area contributed by atoms with Gasteiger partial charge in [-0.25, -0.2) is 0 Å². The summed E-state index contributed by atoms with van der Waals surface area (Å²) in [6.07, 6.45) is 5.00. The summed E-state index contributed by atoms with van der Waals surface area (Å²) in [5.41, 5.74) is 1.40. The van der Waals surface area contributed by atoms with E-state index in [0.29, 0.717) is 12.0 Å². The number of fused-ring (bicyclic) bond motifs is 1. The molecule has 1 N–H and O–H groups in total. The van der Waals surface area contributed by atoms with Gasteiger partial charge >= 0.3 is 0 Å². The maximum Gasteiger partial charge on any atom is 0.122 e. The molecule has 0 amide bonds. The zero-order chi connectivity index (χ0) is 14.4. The smallest absolute Gasteiger partial charge is 0.122 e. The van der Waals surface area contributed by atoms with Gasteiger partial charge in [0.1, 0.15) is 5.75 Å². The van der Waals surface area contributed by atoms with Crippen LogP contribution >= 0.6 is 0 Å². The molecule has 0 fully saturated rings. The number of rotatable bonds is 8. The van der Waals surface area contributed by atoms with E-state index in [9.17, 15) is 0 Å². The summed E-state index contributed by atoms with van der Waals surface area (Å²) in [7, 11) is 0. The van der Waals surface area contributed by atoms with E-state index < -0.39 is 0 Å². The van der Waals surface area contributed by atoms with Crippen LogP contribution in [0.4, 0.5) is 0 Å². The molecule has 0 radical (unpaired) electrons. The van der Waals surface area contributed by atoms with Crippen molar-refractivity contribution in [1.82, 2.24) is 5.32 Å². The molecule has 0 bridgehead atoms. The van der Waals surface area contributed by atoms with Crippen molar-refractivity contribution < 1.29 is 4.74 Å². The number of para-hydroxylation sites is 1. The monoisotopic (exact) mass is 275 g/mol. The lowest BCUT2D eigenvalue weighted by atomic mass is 9.85. The Kier molecular flexibility index (Phi) is 5.90. The summed E-state index contributed by atoms with van der Waals surface area (Å²) >= 11 is 0. The minimum absolute atomic E-state index is 0.512. The molecule has 1 aliphatic rings. The van der Waals surface area contributed by atoms with Crippen molar-refractivity contribution in [2.24, 2.45) is 5.92 Å². The Labute approximate surface area is 123 Å². The first-order valence-electron chi connectivity index (χ1n) is 8.25. The fraction of sp³-hybridized carbons (Fsp3) is 0.667. The summed E-state index contributed by atoms with van der Waals surface area (Å²) in [6.45, 7) is 8.79. The summed E-state index contributed by atoms with van der Waals surface area (Å²) in [4.78, 5) is 0. The SMILES string of the molecule is CCCNC(CC(CC)CC)C1COc2ccccc21. The molecule has 2 heteroatoms. The Balaban J connectivity index is 2.10. The molecule has 0 spiro atoms. The molecule has 2 nitrogen and oxygen atoms in total. The third kappa shape index (κ3) is 3.54. The summed E-state index contributed by atoms with van der Waals surface area (Å²) in [6, 6.07) is 9.08. The molecule has 2 atom stereocenters. The Morgan fingerprint density at radius 1 is 1.20 bits per heavy atom. The van der Waals surface area contributed by atoms with Crippen molar-refractivity contribution in [2.75, 3.05) is 13.2 Å². The van der Waals surface area contributed by atoms with E-state index in [1.165, 1.54) is 31.2 Å². The molecule has 1 aliphatic heterocycles. The molecule has 0 aliphatic carbocycles. The molecule has 0 saturated carbocycles. The predicted molar refractivity (Wildman–Crippen MR) is 85.4 cm³/mol. The third-order valence-corrected chi connectivity index (χ3v) is 4.62. The highest BCUT2D eigenvalue weighted by Gasteiger charge is 2.31. The molecular weight excluding hydrogens is 246 g/mol. The number of benzene rings is 1. The van der Waals surface area contributed by atoms with Crippen LogP contribution in [0, 0.1) is 5.92 Å². The molecule has 0 saturated heterocycles. The van der Waals surface area contributed by atoms with Crippen LogP contribution in [0.2, 0.25) is 0 Å². The minimum Gasteiger partial charge on any atom is -0.493 e. The molecular formula is C18H29NO. The Bertz CT molecular complexity index is 400. The van der Waals surface area contributed by atoms with Crippen LogP contribution in [-0.2, 0) is 0 Å². The molecule has 1 aromatic rings. The topological polar surface area (TPSA) is 21.3 Å². The van der Waals surface area contributed by atoms with Crippen LogP contribution in [0.1, 0.15) is 57.9 Å². The molecule has 112 valence electrons. The van der Waals surface area contributed by atoms with Gasteiger partial charge in [-0.1, -0.05) is 51.8 Å². The molecule has 20 heavy (non-hydrogen) atoms. The van der Waals surface area contributed by atoms with Gasteiger partial charge in [-0.3, -0.25) is 0 Å². The largest absolute Gasteiger partial charge is 0.493 e. The highest BCUT2D eigenvalue weighted by Crippen LogP contribution is 2.37. The minimum atomic E-state index is 0.512. The first kappa shape index (κ1) is 15.4. The second-order valence-electron chi connectivity index (χ2n) is 5.93. The van der Waals surface area contributed by atoms with Crippen LogP contribution in [0.15, 0.2) is 24.3 Å².